The molecule has 0 aromatic heterocycles. The molecular weight excluding hydrogens is 260 g/mol. The summed E-state index contributed by atoms with van der Waals surface area (Å²) in [7, 11) is 0. The monoisotopic (exact) mass is 278 g/mol. The number of hydrogen-bond acceptors (Lipinski definition) is 2. The minimum atomic E-state index is 0.0465. The van der Waals surface area contributed by atoms with Gasteiger partial charge in [-0.2, -0.15) is 0 Å². The Hall–Kier alpha value is -1.22. The summed E-state index contributed by atoms with van der Waals surface area (Å²) in [6.07, 6.45) is 4.04. The van der Waals surface area contributed by atoms with Crippen molar-refractivity contribution in [1.29, 1.82) is 0 Å². The zero-order chi connectivity index (χ0) is 13.6. The fourth-order valence-corrected chi connectivity index (χ4v) is 3.36. The van der Waals surface area contributed by atoms with Crippen LogP contribution < -0.4 is 10.6 Å². The first-order valence-electron chi connectivity index (χ1n) is 6.82. The number of hydrogen-bond donors (Lipinski definition) is 2. The van der Waals surface area contributed by atoms with Gasteiger partial charge in [0, 0.05) is 11.7 Å². The molecule has 2 N–H and O–H groups in total. The SMILES string of the molecule is CC1(C)CCC(Nc2cc3c(cc2Cl)NC(=O)C3)C1. The molecule has 0 saturated heterocycles. The number of benzene rings is 1. The van der Waals surface area contributed by atoms with Crippen LogP contribution in [0.3, 0.4) is 0 Å². The molecule has 1 unspecified atom stereocenters. The largest absolute Gasteiger partial charge is 0.381 e. The van der Waals surface area contributed by atoms with Crippen molar-refractivity contribution in [1.82, 2.24) is 0 Å². The summed E-state index contributed by atoms with van der Waals surface area (Å²) in [5, 5.41) is 7.05. The Morgan fingerprint density at radius 3 is 2.89 bits per heavy atom. The van der Waals surface area contributed by atoms with E-state index in [4.69, 9.17) is 11.6 Å². The molecule has 1 aromatic rings. The van der Waals surface area contributed by atoms with Crippen LogP contribution in [-0.4, -0.2) is 11.9 Å². The molecule has 0 spiro atoms. The normalized spacial score (nSPS) is 24.2. The van der Waals surface area contributed by atoms with Crippen molar-refractivity contribution in [2.24, 2.45) is 5.41 Å². The third-order valence-corrected chi connectivity index (χ3v) is 4.46. The number of rotatable bonds is 2. The van der Waals surface area contributed by atoms with Crippen molar-refractivity contribution in [2.45, 2.75) is 45.6 Å². The molecule has 2 aliphatic rings. The number of carbonyl (C=O) groups is 1. The number of halogens is 1. The summed E-state index contributed by atoms with van der Waals surface area (Å²) in [6, 6.07) is 4.35. The molecule has 19 heavy (non-hydrogen) atoms. The van der Waals surface area contributed by atoms with E-state index in [2.05, 4.69) is 24.5 Å². The smallest absolute Gasteiger partial charge is 0.228 e. The van der Waals surface area contributed by atoms with Gasteiger partial charge in [-0.05, 0) is 42.4 Å². The first-order valence-corrected chi connectivity index (χ1v) is 7.20. The van der Waals surface area contributed by atoms with Crippen LogP contribution in [0.5, 0.6) is 0 Å². The van der Waals surface area contributed by atoms with Crippen molar-refractivity contribution in [3.05, 3.63) is 22.7 Å². The number of nitrogens with one attached hydrogen (secondary N) is 2. The third kappa shape index (κ3) is 2.57. The number of amides is 1. The Morgan fingerprint density at radius 2 is 2.21 bits per heavy atom. The second kappa shape index (κ2) is 4.41. The van der Waals surface area contributed by atoms with E-state index in [9.17, 15) is 4.79 Å². The molecule has 1 saturated carbocycles. The standard InChI is InChI=1S/C15H19ClN2O/c1-15(2)4-3-10(8-15)17-13-5-9-6-14(19)18-12(9)7-11(13)16/h5,7,10,17H,3-4,6,8H2,1-2H3,(H,18,19). The molecule has 1 amide bonds. The topological polar surface area (TPSA) is 41.1 Å². The Balaban J connectivity index is 1.79. The summed E-state index contributed by atoms with van der Waals surface area (Å²) in [5.74, 6) is 0.0465. The first kappa shape index (κ1) is 12.8. The molecule has 1 fully saturated rings. The van der Waals surface area contributed by atoms with E-state index in [0.717, 1.165) is 23.4 Å². The molecule has 0 radical (unpaired) electrons. The fraction of sp³-hybridized carbons (Fsp3) is 0.533. The molecule has 1 aliphatic carbocycles. The number of carbonyl (C=O) groups excluding carboxylic acids is 1. The van der Waals surface area contributed by atoms with Crippen LogP contribution in [0.25, 0.3) is 0 Å². The van der Waals surface area contributed by atoms with Gasteiger partial charge in [0.2, 0.25) is 5.91 Å². The zero-order valence-corrected chi connectivity index (χ0v) is 12.1. The van der Waals surface area contributed by atoms with Crippen LogP contribution in [-0.2, 0) is 11.2 Å². The highest BCUT2D eigenvalue weighted by atomic mass is 35.5. The third-order valence-electron chi connectivity index (χ3n) is 4.15. The lowest BCUT2D eigenvalue weighted by atomic mass is 9.92. The second-order valence-corrected chi connectivity index (χ2v) is 6.87. The van der Waals surface area contributed by atoms with E-state index in [1.54, 1.807) is 0 Å². The van der Waals surface area contributed by atoms with E-state index in [-0.39, 0.29) is 5.91 Å². The Morgan fingerprint density at radius 1 is 1.42 bits per heavy atom. The fourth-order valence-electron chi connectivity index (χ4n) is 3.14. The van der Waals surface area contributed by atoms with Crippen molar-refractivity contribution in [3.8, 4) is 0 Å². The molecule has 1 atom stereocenters. The van der Waals surface area contributed by atoms with Crippen LogP contribution in [0.1, 0.15) is 38.7 Å². The maximum Gasteiger partial charge on any atom is 0.228 e. The van der Waals surface area contributed by atoms with Crippen LogP contribution in [0, 0.1) is 5.41 Å². The highest BCUT2D eigenvalue weighted by Gasteiger charge is 2.31. The lowest BCUT2D eigenvalue weighted by Gasteiger charge is -2.19. The second-order valence-electron chi connectivity index (χ2n) is 6.46. The molecule has 1 heterocycles. The van der Waals surface area contributed by atoms with E-state index in [1.807, 2.05) is 12.1 Å². The van der Waals surface area contributed by atoms with Crippen LogP contribution in [0.2, 0.25) is 5.02 Å². The van der Waals surface area contributed by atoms with Gasteiger partial charge in [-0.15, -0.1) is 0 Å². The van der Waals surface area contributed by atoms with E-state index in [0.29, 0.717) is 22.9 Å². The predicted octanol–water partition coefficient (Wildman–Crippen LogP) is 3.83. The Labute approximate surface area is 118 Å². The Bertz CT molecular complexity index is 539. The van der Waals surface area contributed by atoms with E-state index < -0.39 is 0 Å². The van der Waals surface area contributed by atoms with Gasteiger partial charge in [0.1, 0.15) is 0 Å². The lowest BCUT2D eigenvalue weighted by Crippen LogP contribution is -2.17. The predicted molar refractivity (Wildman–Crippen MR) is 78.8 cm³/mol. The van der Waals surface area contributed by atoms with Crippen molar-refractivity contribution < 1.29 is 4.79 Å². The van der Waals surface area contributed by atoms with Crippen molar-refractivity contribution in [3.63, 3.8) is 0 Å². The Kier molecular flexibility index (Phi) is 2.97. The molecular formula is C15H19ClN2O. The minimum absolute atomic E-state index is 0.0465. The minimum Gasteiger partial charge on any atom is -0.381 e. The van der Waals surface area contributed by atoms with Crippen LogP contribution >= 0.6 is 11.6 Å². The van der Waals surface area contributed by atoms with Gasteiger partial charge >= 0.3 is 0 Å². The van der Waals surface area contributed by atoms with Gasteiger partial charge in [0.15, 0.2) is 0 Å². The highest BCUT2D eigenvalue weighted by molar-refractivity contribution is 6.33. The summed E-state index contributed by atoms with van der Waals surface area (Å²) in [6.45, 7) is 4.61. The average Bonchev–Trinajstić information content (AvgIpc) is 2.81. The summed E-state index contributed by atoms with van der Waals surface area (Å²) < 4.78 is 0. The van der Waals surface area contributed by atoms with E-state index in [1.165, 1.54) is 12.8 Å². The molecule has 0 bridgehead atoms. The zero-order valence-electron chi connectivity index (χ0n) is 11.3. The van der Waals surface area contributed by atoms with Gasteiger partial charge in [-0.3, -0.25) is 4.79 Å². The van der Waals surface area contributed by atoms with Gasteiger partial charge < -0.3 is 10.6 Å². The van der Waals surface area contributed by atoms with Gasteiger partial charge in [-0.1, -0.05) is 25.4 Å². The quantitative estimate of drug-likeness (QED) is 0.863. The van der Waals surface area contributed by atoms with Gasteiger partial charge in [-0.25, -0.2) is 0 Å². The van der Waals surface area contributed by atoms with Crippen molar-refractivity contribution in [2.75, 3.05) is 10.6 Å². The summed E-state index contributed by atoms with van der Waals surface area (Å²) >= 11 is 6.29. The summed E-state index contributed by atoms with van der Waals surface area (Å²) in [4.78, 5) is 11.4. The molecule has 1 aromatic carbocycles. The number of anilines is 2. The van der Waals surface area contributed by atoms with Crippen molar-refractivity contribution >= 4 is 28.9 Å². The molecule has 1 aliphatic heterocycles. The maximum absolute atomic E-state index is 11.4. The average molecular weight is 279 g/mol. The first-order chi connectivity index (χ1) is 8.93. The van der Waals surface area contributed by atoms with Gasteiger partial charge in [0.05, 0.1) is 17.1 Å². The summed E-state index contributed by atoms with van der Waals surface area (Å²) in [5.41, 5.74) is 3.26. The van der Waals surface area contributed by atoms with Crippen LogP contribution in [0.4, 0.5) is 11.4 Å². The number of fused-ring (bicyclic) bond motifs is 1. The van der Waals surface area contributed by atoms with Gasteiger partial charge in [0.25, 0.3) is 0 Å². The molecule has 3 nitrogen and oxygen atoms in total. The maximum atomic E-state index is 11.4. The van der Waals surface area contributed by atoms with Crippen LogP contribution in [0.15, 0.2) is 12.1 Å². The molecule has 3 rings (SSSR count). The molecule has 102 valence electrons. The van der Waals surface area contributed by atoms with E-state index >= 15 is 0 Å². The molecule has 4 heteroatoms. The lowest BCUT2D eigenvalue weighted by molar-refractivity contribution is -0.115. The highest BCUT2D eigenvalue weighted by Crippen LogP contribution is 2.40.